The third kappa shape index (κ3) is 2.54. The predicted octanol–water partition coefficient (Wildman–Crippen LogP) is 1.14. The van der Waals surface area contributed by atoms with Crippen molar-refractivity contribution in [3.05, 3.63) is 41.6 Å². The zero-order valence-electron chi connectivity index (χ0n) is 11.9. The highest BCUT2D eigenvalue weighted by molar-refractivity contribution is 7.89. The Kier molecular flexibility index (Phi) is 3.46. The number of rotatable bonds is 2. The van der Waals surface area contributed by atoms with Crippen molar-refractivity contribution in [2.24, 2.45) is 7.05 Å². The molecule has 0 saturated carbocycles. The van der Waals surface area contributed by atoms with Gasteiger partial charge in [0.1, 0.15) is 4.90 Å². The van der Waals surface area contributed by atoms with Gasteiger partial charge in [0.05, 0.1) is 0 Å². The minimum Gasteiger partial charge on any atom is -0.381 e. The van der Waals surface area contributed by atoms with Crippen molar-refractivity contribution >= 4 is 15.8 Å². The van der Waals surface area contributed by atoms with Crippen molar-refractivity contribution < 1.29 is 8.42 Å². The van der Waals surface area contributed by atoms with Gasteiger partial charge in [-0.1, -0.05) is 24.3 Å². The van der Waals surface area contributed by atoms with Gasteiger partial charge in [-0.2, -0.15) is 9.40 Å². The van der Waals surface area contributed by atoms with E-state index in [0.717, 1.165) is 18.4 Å². The van der Waals surface area contributed by atoms with Crippen LogP contribution in [0.3, 0.4) is 0 Å². The lowest BCUT2D eigenvalue weighted by atomic mass is 10.0. The van der Waals surface area contributed by atoms with Crippen LogP contribution in [0.1, 0.15) is 17.5 Å². The summed E-state index contributed by atoms with van der Waals surface area (Å²) in [7, 11) is -1.95. The minimum absolute atomic E-state index is 0.0510. The Morgan fingerprint density at radius 1 is 1.24 bits per heavy atom. The maximum absolute atomic E-state index is 12.8. The predicted molar refractivity (Wildman–Crippen MR) is 80.0 cm³/mol. The number of hydrogen-bond acceptors (Lipinski definition) is 4. The molecule has 1 aromatic carbocycles. The molecule has 0 bridgehead atoms. The summed E-state index contributed by atoms with van der Waals surface area (Å²) in [6.07, 6.45) is 3.16. The number of benzene rings is 1. The summed E-state index contributed by atoms with van der Waals surface area (Å²) in [4.78, 5) is 0.0874. The van der Waals surface area contributed by atoms with Gasteiger partial charge >= 0.3 is 0 Å². The fourth-order valence-corrected chi connectivity index (χ4v) is 4.24. The number of fused-ring (bicyclic) bond motifs is 1. The summed E-state index contributed by atoms with van der Waals surface area (Å²) in [5.41, 5.74) is 8.00. The molecule has 2 heterocycles. The summed E-state index contributed by atoms with van der Waals surface area (Å²) in [6, 6.07) is 7.97. The van der Waals surface area contributed by atoms with Crippen LogP contribution in [0.15, 0.2) is 35.4 Å². The first-order valence-corrected chi connectivity index (χ1v) is 8.28. The molecular weight excluding hydrogens is 288 g/mol. The molecule has 2 aromatic rings. The van der Waals surface area contributed by atoms with E-state index in [0.29, 0.717) is 13.1 Å². The van der Waals surface area contributed by atoms with Crippen LogP contribution in [0.5, 0.6) is 0 Å². The number of nitrogens with two attached hydrogens (primary N) is 1. The molecule has 2 N–H and O–H groups in total. The third-order valence-electron chi connectivity index (χ3n) is 3.76. The van der Waals surface area contributed by atoms with E-state index in [1.807, 2.05) is 18.2 Å². The minimum atomic E-state index is -3.61. The monoisotopic (exact) mass is 306 g/mol. The Morgan fingerprint density at radius 2 is 1.95 bits per heavy atom. The van der Waals surface area contributed by atoms with Crippen LogP contribution >= 0.6 is 0 Å². The van der Waals surface area contributed by atoms with E-state index >= 15 is 0 Å². The fraction of sp³-hybridized carbons (Fsp3) is 0.357. The molecule has 112 valence electrons. The van der Waals surface area contributed by atoms with E-state index in [-0.39, 0.29) is 10.7 Å². The lowest BCUT2D eigenvalue weighted by Crippen LogP contribution is -2.31. The van der Waals surface area contributed by atoms with Crippen LogP contribution in [-0.4, -0.2) is 29.0 Å². The van der Waals surface area contributed by atoms with Crippen LogP contribution in [0, 0.1) is 0 Å². The summed E-state index contributed by atoms with van der Waals surface area (Å²) in [6.45, 7) is 0.873. The third-order valence-corrected chi connectivity index (χ3v) is 5.62. The summed E-state index contributed by atoms with van der Waals surface area (Å²) in [5, 5.41) is 3.93. The van der Waals surface area contributed by atoms with E-state index in [2.05, 4.69) is 11.2 Å². The summed E-state index contributed by atoms with van der Waals surface area (Å²) < 4.78 is 28.5. The van der Waals surface area contributed by atoms with Crippen LogP contribution in [0.2, 0.25) is 0 Å². The highest BCUT2D eigenvalue weighted by atomic mass is 32.2. The number of aryl methyl sites for hydroxylation is 2. The van der Waals surface area contributed by atoms with Gasteiger partial charge in [-0.25, -0.2) is 8.42 Å². The second kappa shape index (κ2) is 5.16. The number of nitrogens with zero attached hydrogens (tertiary/aromatic N) is 3. The second-order valence-electron chi connectivity index (χ2n) is 5.26. The van der Waals surface area contributed by atoms with Gasteiger partial charge in [0.2, 0.25) is 10.0 Å². The number of anilines is 1. The lowest BCUT2D eigenvalue weighted by Gasteiger charge is -2.19. The number of nitrogen functional groups attached to an aromatic ring is 1. The van der Waals surface area contributed by atoms with Gasteiger partial charge in [-0.3, -0.25) is 4.68 Å². The molecule has 1 aromatic heterocycles. The van der Waals surface area contributed by atoms with E-state index in [9.17, 15) is 8.42 Å². The van der Waals surface area contributed by atoms with E-state index in [4.69, 9.17) is 5.73 Å². The second-order valence-corrected chi connectivity index (χ2v) is 7.17. The Morgan fingerprint density at radius 3 is 2.62 bits per heavy atom. The lowest BCUT2D eigenvalue weighted by molar-refractivity contribution is 0.410. The normalized spacial score (nSPS) is 16.4. The van der Waals surface area contributed by atoms with Gasteiger partial charge in [0.25, 0.3) is 0 Å². The Balaban J connectivity index is 1.98. The standard InChI is InChI=1S/C14H18N4O2S/c1-17-10-13(14(15)16-17)21(19,20)18-8-4-7-11-5-2-3-6-12(11)9-18/h2-3,5-6,10H,4,7-9H2,1H3,(H2,15,16). The van der Waals surface area contributed by atoms with Crippen LogP contribution in [0.4, 0.5) is 5.82 Å². The van der Waals surface area contributed by atoms with Gasteiger partial charge < -0.3 is 5.73 Å². The first-order chi connectivity index (χ1) is 9.98. The molecule has 0 fully saturated rings. The van der Waals surface area contributed by atoms with E-state index in [1.165, 1.54) is 20.7 Å². The highest BCUT2D eigenvalue weighted by Gasteiger charge is 2.30. The Bertz CT molecular complexity index is 767. The quantitative estimate of drug-likeness (QED) is 0.902. The Hall–Kier alpha value is -1.86. The molecule has 0 amide bonds. The van der Waals surface area contributed by atoms with Crippen molar-refractivity contribution in [1.82, 2.24) is 14.1 Å². The molecule has 6 nitrogen and oxygen atoms in total. The van der Waals surface area contributed by atoms with Crippen LogP contribution in [-0.2, 0) is 30.0 Å². The first-order valence-electron chi connectivity index (χ1n) is 6.84. The van der Waals surface area contributed by atoms with Gasteiger partial charge in [-0.15, -0.1) is 0 Å². The van der Waals surface area contributed by atoms with Crippen molar-refractivity contribution in [2.45, 2.75) is 24.3 Å². The zero-order valence-corrected chi connectivity index (χ0v) is 12.7. The summed E-state index contributed by atoms with van der Waals surface area (Å²) in [5.74, 6) is 0.0510. The topological polar surface area (TPSA) is 81.2 Å². The fourth-order valence-electron chi connectivity index (χ4n) is 2.70. The van der Waals surface area contributed by atoms with E-state index < -0.39 is 10.0 Å². The number of hydrogen-bond donors (Lipinski definition) is 1. The summed E-state index contributed by atoms with van der Waals surface area (Å²) >= 11 is 0. The SMILES string of the molecule is Cn1cc(S(=O)(=O)N2CCCc3ccccc3C2)c(N)n1. The zero-order chi connectivity index (χ0) is 15.0. The molecule has 0 atom stereocenters. The molecule has 0 aliphatic carbocycles. The maximum Gasteiger partial charge on any atom is 0.248 e. The maximum atomic E-state index is 12.8. The van der Waals surface area contributed by atoms with E-state index in [1.54, 1.807) is 7.05 Å². The van der Waals surface area contributed by atoms with Gasteiger partial charge in [0.15, 0.2) is 5.82 Å². The largest absolute Gasteiger partial charge is 0.381 e. The molecule has 7 heteroatoms. The van der Waals surface area contributed by atoms with Gasteiger partial charge in [-0.05, 0) is 24.0 Å². The highest BCUT2D eigenvalue weighted by Crippen LogP contribution is 2.26. The molecule has 0 saturated heterocycles. The molecule has 3 rings (SSSR count). The van der Waals surface area contributed by atoms with Crippen molar-refractivity contribution in [2.75, 3.05) is 12.3 Å². The van der Waals surface area contributed by atoms with Gasteiger partial charge in [0, 0.05) is 26.3 Å². The van der Waals surface area contributed by atoms with Crippen molar-refractivity contribution in [1.29, 1.82) is 0 Å². The molecule has 0 unspecified atom stereocenters. The molecular formula is C14H18N4O2S. The molecule has 21 heavy (non-hydrogen) atoms. The molecule has 1 aliphatic rings. The number of sulfonamides is 1. The smallest absolute Gasteiger partial charge is 0.248 e. The van der Waals surface area contributed by atoms with Crippen LogP contribution < -0.4 is 5.73 Å². The number of aromatic nitrogens is 2. The average molecular weight is 306 g/mol. The molecule has 1 aliphatic heterocycles. The Labute approximate surface area is 124 Å². The first kappa shape index (κ1) is 14.1. The van der Waals surface area contributed by atoms with Crippen molar-refractivity contribution in [3.63, 3.8) is 0 Å². The van der Waals surface area contributed by atoms with Crippen molar-refractivity contribution in [3.8, 4) is 0 Å². The molecule has 0 spiro atoms. The molecule has 0 radical (unpaired) electrons. The average Bonchev–Trinajstić information content (AvgIpc) is 2.67. The van der Waals surface area contributed by atoms with Crippen LogP contribution in [0.25, 0.3) is 0 Å².